The minimum Gasteiger partial charge on any atom is -0.406 e. The Bertz CT molecular complexity index is 622. The first-order chi connectivity index (χ1) is 12.4. The van der Waals surface area contributed by atoms with Crippen LogP contribution >= 0.6 is 0 Å². The first-order valence-corrected chi connectivity index (χ1v) is 9.76. The van der Waals surface area contributed by atoms with E-state index >= 15 is 0 Å². The SMILES string of the molecule is C[C@H]1CC[C@H](C2CCC(C#Cc3ccc(OC(F)(F)F)cc3)CC2)CC1. The summed E-state index contributed by atoms with van der Waals surface area (Å²) in [6.45, 7) is 2.37. The molecule has 0 heterocycles. The van der Waals surface area contributed by atoms with Crippen molar-refractivity contribution in [2.24, 2.45) is 23.7 Å². The van der Waals surface area contributed by atoms with Gasteiger partial charge in [-0.1, -0.05) is 31.6 Å². The number of hydrogen-bond acceptors (Lipinski definition) is 1. The summed E-state index contributed by atoms with van der Waals surface area (Å²) in [5.41, 5.74) is 0.739. The first kappa shape index (κ1) is 19.1. The topological polar surface area (TPSA) is 9.23 Å². The number of alkyl halides is 3. The van der Waals surface area contributed by atoms with Crippen molar-refractivity contribution in [3.8, 4) is 17.6 Å². The van der Waals surface area contributed by atoms with Crippen molar-refractivity contribution in [2.75, 3.05) is 0 Å². The molecule has 26 heavy (non-hydrogen) atoms. The number of halogens is 3. The van der Waals surface area contributed by atoms with E-state index in [4.69, 9.17) is 0 Å². The molecule has 2 aliphatic carbocycles. The summed E-state index contributed by atoms with van der Waals surface area (Å²) in [5.74, 6) is 9.35. The number of benzene rings is 1. The summed E-state index contributed by atoms with van der Waals surface area (Å²) in [6.07, 6.45) is 5.77. The maximum absolute atomic E-state index is 12.2. The van der Waals surface area contributed by atoms with Crippen molar-refractivity contribution in [1.29, 1.82) is 0 Å². The van der Waals surface area contributed by atoms with Crippen LogP contribution in [0.3, 0.4) is 0 Å². The van der Waals surface area contributed by atoms with E-state index in [1.54, 1.807) is 12.1 Å². The molecule has 0 bridgehead atoms. The van der Waals surface area contributed by atoms with Gasteiger partial charge >= 0.3 is 6.36 Å². The maximum Gasteiger partial charge on any atom is 0.573 e. The zero-order valence-electron chi connectivity index (χ0n) is 15.3. The largest absolute Gasteiger partial charge is 0.573 e. The summed E-state index contributed by atoms with van der Waals surface area (Å²) < 4.78 is 40.4. The fraction of sp³-hybridized carbons (Fsp3) is 0.636. The summed E-state index contributed by atoms with van der Waals surface area (Å²) in [6, 6.07) is 5.81. The third-order valence-corrected chi connectivity index (χ3v) is 6.01. The van der Waals surface area contributed by atoms with Crippen LogP contribution in [0.25, 0.3) is 0 Å². The van der Waals surface area contributed by atoms with E-state index in [-0.39, 0.29) is 5.75 Å². The van der Waals surface area contributed by atoms with Crippen molar-refractivity contribution in [1.82, 2.24) is 0 Å². The Morgan fingerprint density at radius 3 is 1.92 bits per heavy atom. The van der Waals surface area contributed by atoms with Gasteiger partial charge in [0, 0.05) is 11.5 Å². The highest BCUT2D eigenvalue weighted by Crippen LogP contribution is 2.41. The van der Waals surface area contributed by atoms with Gasteiger partial charge in [-0.15, -0.1) is 13.2 Å². The summed E-state index contributed by atoms with van der Waals surface area (Å²) in [5, 5.41) is 0. The van der Waals surface area contributed by atoms with Crippen LogP contribution in [0.2, 0.25) is 0 Å². The minimum atomic E-state index is -4.65. The Labute approximate surface area is 154 Å². The monoisotopic (exact) mass is 364 g/mol. The Morgan fingerprint density at radius 2 is 1.38 bits per heavy atom. The average molecular weight is 364 g/mol. The molecule has 2 aliphatic rings. The molecule has 0 N–H and O–H groups in total. The Hall–Kier alpha value is -1.63. The van der Waals surface area contributed by atoms with E-state index in [0.29, 0.717) is 5.92 Å². The van der Waals surface area contributed by atoms with Crippen LogP contribution in [-0.4, -0.2) is 6.36 Å². The highest BCUT2D eigenvalue weighted by Gasteiger charge is 2.31. The standard InChI is InChI=1S/C22H27F3O/c1-16-2-10-19(11-3-16)20-12-6-17(7-13-20)4-5-18-8-14-21(15-9-18)26-22(23,24)25/h8-9,14-17,19-20H,2-3,6-7,10-13H2,1H3/t16-,17?,19-,20?. The number of rotatable bonds is 2. The van der Waals surface area contributed by atoms with Gasteiger partial charge in [0.15, 0.2) is 0 Å². The highest BCUT2D eigenvalue weighted by atomic mass is 19.4. The Morgan fingerprint density at radius 1 is 0.846 bits per heavy atom. The molecule has 1 aromatic rings. The molecule has 0 aliphatic heterocycles. The normalized spacial score (nSPS) is 29.5. The summed E-state index contributed by atoms with van der Waals surface area (Å²) in [4.78, 5) is 0. The van der Waals surface area contributed by atoms with Gasteiger partial charge in [-0.25, -0.2) is 0 Å². The molecular formula is C22H27F3O. The van der Waals surface area contributed by atoms with E-state index in [2.05, 4.69) is 23.5 Å². The van der Waals surface area contributed by atoms with Crippen LogP contribution in [0, 0.1) is 35.5 Å². The van der Waals surface area contributed by atoms with E-state index in [1.807, 2.05) is 0 Å². The van der Waals surface area contributed by atoms with Crippen molar-refractivity contribution in [2.45, 2.75) is 64.7 Å². The van der Waals surface area contributed by atoms with Crippen molar-refractivity contribution in [3.63, 3.8) is 0 Å². The first-order valence-electron chi connectivity index (χ1n) is 9.76. The van der Waals surface area contributed by atoms with Gasteiger partial charge in [0.2, 0.25) is 0 Å². The molecule has 2 fully saturated rings. The summed E-state index contributed by atoms with van der Waals surface area (Å²) >= 11 is 0. The van der Waals surface area contributed by atoms with E-state index in [0.717, 1.165) is 36.2 Å². The lowest BCUT2D eigenvalue weighted by Crippen LogP contribution is -2.24. The molecular weight excluding hydrogens is 337 g/mol. The molecule has 0 amide bonds. The van der Waals surface area contributed by atoms with Gasteiger partial charge in [0.05, 0.1) is 0 Å². The lowest BCUT2D eigenvalue weighted by molar-refractivity contribution is -0.274. The molecule has 0 spiro atoms. The fourth-order valence-electron chi connectivity index (χ4n) is 4.42. The second-order valence-electron chi connectivity index (χ2n) is 7.97. The molecule has 0 radical (unpaired) electrons. The molecule has 0 saturated heterocycles. The molecule has 3 rings (SSSR count). The number of hydrogen-bond donors (Lipinski definition) is 0. The van der Waals surface area contributed by atoms with Gasteiger partial charge in [-0.05, 0) is 80.5 Å². The average Bonchev–Trinajstić information content (AvgIpc) is 2.61. The zero-order chi connectivity index (χ0) is 18.6. The van der Waals surface area contributed by atoms with Crippen LogP contribution in [0.1, 0.15) is 63.9 Å². The lowest BCUT2D eigenvalue weighted by atomic mass is 9.69. The van der Waals surface area contributed by atoms with Gasteiger partial charge in [0.1, 0.15) is 5.75 Å². The lowest BCUT2D eigenvalue weighted by Gasteiger charge is -2.36. The van der Waals surface area contributed by atoms with Crippen LogP contribution in [-0.2, 0) is 0 Å². The quantitative estimate of drug-likeness (QED) is 0.539. The zero-order valence-corrected chi connectivity index (χ0v) is 15.3. The minimum absolute atomic E-state index is 0.203. The van der Waals surface area contributed by atoms with Crippen molar-refractivity contribution < 1.29 is 17.9 Å². The fourth-order valence-corrected chi connectivity index (χ4v) is 4.42. The molecule has 0 unspecified atom stereocenters. The van der Waals surface area contributed by atoms with Crippen molar-refractivity contribution in [3.05, 3.63) is 29.8 Å². The predicted molar refractivity (Wildman–Crippen MR) is 96.6 cm³/mol. The maximum atomic E-state index is 12.2. The van der Waals surface area contributed by atoms with E-state index in [1.165, 1.54) is 50.7 Å². The molecule has 142 valence electrons. The molecule has 2 saturated carbocycles. The molecule has 1 aromatic carbocycles. The Kier molecular flexibility index (Phi) is 6.16. The predicted octanol–water partition coefficient (Wildman–Crippen LogP) is 6.57. The molecule has 0 atom stereocenters. The highest BCUT2D eigenvalue weighted by molar-refractivity contribution is 5.38. The van der Waals surface area contributed by atoms with Gasteiger partial charge in [-0.3, -0.25) is 0 Å². The third-order valence-electron chi connectivity index (χ3n) is 6.01. The van der Waals surface area contributed by atoms with Gasteiger partial charge in [0.25, 0.3) is 0 Å². The Balaban J connectivity index is 1.47. The van der Waals surface area contributed by atoms with E-state index < -0.39 is 6.36 Å². The van der Waals surface area contributed by atoms with Crippen LogP contribution < -0.4 is 4.74 Å². The van der Waals surface area contributed by atoms with Gasteiger partial charge < -0.3 is 4.74 Å². The molecule has 1 nitrogen and oxygen atoms in total. The van der Waals surface area contributed by atoms with E-state index in [9.17, 15) is 13.2 Å². The van der Waals surface area contributed by atoms with Crippen molar-refractivity contribution >= 4 is 0 Å². The van der Waals surface area contributed by atoms with Crippen LogP contribution in [0.15, 0.2) is 24.3 Å². The van der Waals surface area contributed by atoms with Gasteiger partial charge in [-0.2, -0.15) is 0 Å². The molecule has 4 heteroatoms. The third kappa shape index (κ3) is 5.69. The number of ether oxygens (including phenoxy) is 1. The van der Waals surface area contributed by atoms with Crippen LogP contribution in [0.5, 0.6) is 5.75 Å². The second-order valence-corrected chi connectivity index (χ2v) is 7.97. The second kappa shape index (κ2) is 8.37. The smallest absolute Gasteiger partial charge is 0.406 e. The van der Waals surface area contributed by atoms with Crippen LogP contribution in [0.4, 0.5) is 13.2 Å². The molecule has 0 aromatic heterocycles. The summed E-state index contributed by atoms with van der Waals surface area (Å²) in [7, 11) is 0.